The van der Waals surface area contributed by atoms with Crippen molar-refractivity contribution in [3.8, 4) is 11.5 Å². The molecule has 5 rings (SSSR count). The smallest absolute Gasteiger partial charge is 0.256 e. The number of methoxy groups -OCH3 is 1. The third kappa shape index (κ3) is 3.76. The van der Waals surface area contributed by atoms with Gasteiger partial charge in [0.25, 0.3) is 5.91 Å². The summed E-state index contributed by atoms with van der Waals surface area (Å²) < 4.78 is 6.28. The summed E-state index contributed by atoms with van der Waals surface area (Å²) in [5, 5.41) is 16.8. The largest absolute Gasteiger partial charge is 0.504 e. The van der Waals surface area contributed by atoms with E-state index in [1.54, 1.807) is 12.1 Å². The lowest BCUT2D eigenvalue weighted by molar-refractivity contribution is -0.116. The summed E-state index contributed by atoms with van der Waals surface area (Å²) in [6.45, 7) is 1.85. The molecule has 0 radical (unpaired) electrons. The highest BCUT2D eigenvalue weighted by Crippen LogP contribution is 2.44. The van der Waals surface area contributed by atoms with Gasteiger partial charge in [-0.1, -0.05) is 29.5 Å². The number of rotatable bonds is 4. The zero-order chi connectivity index (χ0) is 23.1. The van der Waals surface area contributed by atoms with Crippen molar-refractivity contribution < 1.29 is 19.4 Å². The molecule has 2 heterocycles. The molecule has 1 aromatic heterocycles. The molecule has 8 heteroatoms. The minimum absolute atomic E-state index is 0.000497. The van der Waals surface area contributed by atoms with Crippen LogP contribution in [0.1, 0.15) is 37.7 Å². The second kappa shape index (κ2) is 8.37. The number of para-hydroxylation sites is 1. The Balaban J connectivity index is 1.59. The first-order valence-corrected chi connectivity index (χ1v) is 11.6. The SMILES string of the molecule is COc1cc(C2C(C(=O)Nc3nc4ccccc4s3)=C(C)NC3=C2C(=O)CCC3)ccc1O. The Kier molecular flexibility index (Phi) is 5.38. The van der Waals surface area contributed by atoms with Gasteiger partial charge in [0, 0.05) is 34.9 Å². The van der Waals surface area contributed by atoms with Crippen LogP contribution in [0.15, 0.2) is 65.0 Å². The summed E-state index contributed by atoms with van der Waals surface area (Å²) in [6, 6.07) is 12.6. The Morgan fingerprint density at radius 2 is 2.06 bits per heavy atom. The van der Waals surface area contributed by atoms with E-state index in [4.69, 9.17) is 4.74 Å². The van der Waals surface area contributed by atoms with Crippen LogP contribution in [-0.2, 0) is 9.59 Å². The number of thiazole rings is 1. The first kappa shape index (κ1) is 21.2. The van der Waals surface area contributed by atoms with Gasteiger partial charge in [0.1, 0.15) is 0 Å². The van der Waals surface area contributed by atoms with Crippen LogP contribution in [-0.4, -0.2) is 28.9 Å². The van der Waals surface area contributed by atoms with E-state index >= 15 is 0 Å². The van der Waals surface area contributed by atoms with Crippen LogP contribution in [0.5, 0.6) is 11.5 Å². The Bertz CT molecular complexity index is 1320. The van der Waals surface area contributed by atoms with Gasteiger partial charge in [-0.3, -0.25) is 14.9 Å². The van der Waals surface area contributed by atoms with Crippen molar-refractivity contribution in [3.63, 3.8) is 0 Å². The standard InChI is InChI=1S/C25H23N3O4S/c1-13-21(24(31)28-25-27-15-6-3-4-9-20(15)33-25)22(14-10-11-17(29)19(12-14)32-2)23-16(26-13)7-5-8-18(23)30/h3-4,6,9-12,22,26,29H,5,7-8H2,1-2H3,(H,27,28,31). The minimum atomic E-state index is -0.571. The van der Waals surface area contributed by atoms with Crippen molar-refractivity contribution in [2.75, 3.05) is 12.4 Å². The number of dihydropyridines is 1. The topological polar surface area (TPSA) is 101 Å². The predicted octanol–water partition coefficient (Wildman–Crippen LogP) is 4.62. The predicted molar refractivity (Wildman–Crippen MR) is 127 cm³/mol. The summed E-state index contributed by atoms with van der Waals surface area (Å²) in [4.78, 5) is 31.1. The monoisotopic (exact) mass is 461 g/mol. The van der Waals surface area contributed by atoms with E-state index in [1.165, 1.54) is 24.5 Å². The Hall–Kier alpha value is -3.65. The number of ether oxygens (including phenoxy) is 1. The number of ketones is 1. The van der Waals surface area contributed by atoms with Crippen LogP contribution in [0.25, 0.3) is 10.2 Å². The molecule has 1 aliphatic heterocycles. The van der Waals surface area contributed by atoms with Crippen molar-refractivity contribution in [3.05, 3.63) is 70.6 Å². The summed E-state index contributed by atoms with van der Waals surface area (Å²) >= 11 is 1.40. The Morgan fingerprint density at radius 3 is 2.85 bits per heavy atom. The molecule has 0 bridgehead atoms. The number of amides is 1. The summed E-state index contributed by atoms with van der Waals surface area (Å²) in [6.07, 6.45) is 1.96. The molecule has 7 nitrogen and oxygen atoms in total. The number of benzene rings is 2. The summed E-state index contributed by atoms with van der Waals surface area (Å²) in [5.74, 6) is -0.571. The lowest BCUT2D eigenvalue weighted by atomic mass is 9.75. The third-order valence-electron chi connectivity index (χ3n) is 6.07. The van der Waals surface area contributed by atoms with Crippen molar-refractivity contribution in [2.45, 2.75) is 32.1 Å². The first-order valence-electron chi connectivity index (χ1n) is 10.7. The highest BCUT2D eigenvalue weighted by atomic mass is 32.1. The molecule has 3 N–H and O–H groups in total. The molecular formula is C25H23N3O4S. The summed E-state index contributed by atoms with van der Waals surface area (Å²) in [7, 11) is 1.47. The third-order valence-corrected chi connectivity index (χ3v) is 7.02. The van der Waals surface area contributed by atoms with E-state index < -0.39 is 5.92 Å². The molecule has 33 heavy (non-hydrogen) atoms. The lowest BCUT2D eigenvalue weighted by Crippen LogP contribution is -2.35. The van der Waals surface area contributed by atoms with E-state index in [9.17, 15) is 14.7 Å². The fraction of sp³-hybridized carbons (Fsp3) is 0.240. The maximum absolute atomic E-state index is 13.6. The zero-order valence-corrected chi connectivity index (χ0v) is 19.1. The van der Waals surface area contributed by atoms with Crippen LogP contribution in [0, 0.1) is 0 Å². The number of nitrogens with one attached hydrogen (secondary N) is 2. The number of fused-ring (bicyclic) bond motifs is 1. The number of anilines is 1. The normalized spacial score (nSPS) is 18.2. The number of carbonyl (C=O) groups is 2. The molecule has 2 aliphatic rings. The van der Waals surface area contributed by atoms with E-state index in [-0.39, 0.29) is 17.4 Å². The Labute approximate surface area is 194 Å². The van der Waals surface area contributed by atoms with E-state index in [0.29, 0.717) is 39.7 Å². The Morgan fingerprint density at radius 1 is 1.24 bits per heavy atom. The molecule has 1 aliphatic carbocycles. The number of phenols is 1. The number of hydrogen-bond donors (Lipinski definition) is 3. The molecule has 0 spiro atoms. The number of phenolic OH excluding ortho intramolecular Hbond substituents is 1. The number of aromatic nitrogens is 1. The average Bonchev–Trinajstić information content (AvgIpc) is 3.21. The van der Waals surface area contributed by atoms with Crippen LogP contribution < -0.4 is 15.4 Å². The number of aromatic hydroxyl groups is 1. The maximum Gasteiger partial charge on any atom is 0.256 e. The molecule has 3 aromatic rings. The minimum Gasteiger partial charge on any atom is -0.504 e. The average molecular weight is 462 g/mol. The van der Waals surface area contributed by atoms with Gasteiger partial charge in [-0.25, -0.2) is 4.98 Å². The number of Topliss-reactive ketones (excluding diaryl/α,β-unsaturated/α-hetero) is 1. The van der Waals surface area contributed by atoms with Gasteiger partial charge in [-0.15, -0.1) is 0 Å². The van der Waals surface area contributed by atoms with E-state index in [1.807, 2.05) is 31.2 Å². The number of hydrogen-bond acceptors (Lipinski definition) is 7. The first-order chi connectivity index (χ1) is 16.0. The highest BCUT2D eigenvalue weighted by molar-refractivity contribution is 7.22. The van der Waals surface area contributed by atoms with Gasteiger partial charge in [-0.2, -0.15) is 0 Å². The fourth-order valence-electron chi connectivity index (χ4n) is 4.58. The summed E-state index contributed by atoms with van der Waals surface area (Å²) in [5.41, 5.74) is 4.14. The molecule has 1 amide bonds. The van der Waals surface area contributed by atoms with Crippen molar-refractivity contribution >= 4 is 38.4 Å². The number of carbonyl (C=O) groups excluding carboxylic acids is 2. The molecule has 0 fully saturated rings. The van der Waals surface area contributed by atoms with Gasteiger partial charge in [0.05, 0.1) is 17.3 Å². The van der Waals surface area contributed by atoms with Crippen molar-refractivity contribution in [2.24, 2.45) is 0 Å². The van der Waals surface area contributed by atoms with Crippen molar-refractivity contribution in [1.29, 1.82) is 0 Å². The maximum atomic E-state index is 13.6. The van der Waals surface area contributed by atoms with Crippen LogP contribution in [0.2, 0.25) is 0 Å². The number of nitrogens with zero attached hydrogens (tertiary/aromatic N) is 1. The molecule has 0 saturated carbocycles. The van der Waals surface area contributed by atoms with Gasteiger partial charge in [-0.05, 0) is 49.6 Å². The molecule has 2 aromatic carbocycles. The second-order valence-corrected chi connectivity index (χ2v) is 9.17. The van der Waals surface area contributed by atoms with E-state index in [0.717, 1.165) is 28.8 Å². The van der Waals surface area contributed by atoms with E-state index in [2.05, 4.69) is 15.6 Å². The fourth-order valence-corrected chi connectivity index (χ4v) is 5.44. The quantitative estimate of drug-likeness (QED) is 0.524. The number of allylic oxidation sites excluding steroid dienone is 3. The van der Waals surface area contributed by atoms with Gasteiger partial charge >= 0.3 is 0 Å². The van der Waals surface area contributed by atoms with Gasteiger partial charge < -0.3 is 15.2 Å². The van der Waals surface area contributed by atoms with Crippen LogP contribution in [0.3, 0.4) is 0 Å². The molecule has 1 atom stereocenters. The van der Waals surface area contributed by atoms with Crippen molar-refractivity contribution in [1.82, 2.24) is 10.3 Å². The molecule has 168 valence electrons. The highest BCUT2D eigenvalue weighted by Gasteiger charge is 2.39. The van der Waals surface area contributed by atoms with Crippen LogP contribution >= 0.6 is 11.3 Å². The van der Waals surface area contributed by atoms with Crippen LogP contribution in [0.4, 0.5) is 5.13 Å². The molecular weight excluding hydrogens is 438 g/mol. The zero-order valence-electron chi connectivity index (χ0n) is 18.3. The lowest BCUT2D eigenvalue weighted by Gasteiger charge is -2.34. The van der Waals surface area contributed by atoms with Gasteiger partial charge in [0.2, 0.25) is 0 Å². The van der Waals surface area contributed by atoms with Gasteiger partial charge in [0.15, 0.2) is 22.4 Å². The second-order valence-electron chi connectivity index (χ2n) is 8.14. The molecule has 0 saturated heterocycles. The molecule has 1 unspecified atom stereocenters.